The highest BCUT2D eigenvalue weighted by atomic mass is 79.9. The van der Waals surface area contributed by atoms with Gasteiger partial charge in [-0.1, -0.05) is 60.0 Å². The van der Waals surface area contributed by atoms with E-state index in [1.807, 2.05) is 24.3 Å². The summed E-state index contributed by atoms with van der Waals surface area (Å²) < 4.78 is 1.05. The van der Waals surface area contributed by atoms with Crippen molar-refractivity contribution in [3.05, 3.63) is 69.7 Å². The number of carbonyl (C=O) groups is 1. The van der Waals surface area contributed by atoms with Crippen LogP contribution in [0.4, 0.5) is 0 Å². The number of hydrogen-bond acceptors (Lipinski definition) is 2. The van der Waals surface area contributed by atoms with Gasteiger partial charge in [0.1, 0.15) is 0 Å². The van der Waals surface area contributed by atoms with Crippen LogP contribution in [-0.4, -0.2) is 29.9 Å². The number of piperidine rings is 1. The average Bonchev–Trinajstić information content (AvgIpc) is 2.73. The Morgan fingerprint density at radius 1 is 1.07 bits per heavy atom. The van der Waals surface area contributed by atoms with Gasteiger partial charge in [-0.25, -0.2) is 0 Å². The summed E-state index contributed by atoms with van der Waals surface area (Å²) in [5.74, 6) is 0.145. The third kappa shape index (κ3) is 7.13. The zero-order valence-corrected chi connectivity index (χ0v) is 19.6. The van der Waals surface area contributed by atoms with Crippen LogP contribution in [0.25, 0.3) is 0 Å². The summed E-state index contributed by atoms with van der Waals surface area (Å²) in [7, 11) is 0. The minimum Gasteiger partial charge on any atom is -0.331 e. The molecule has 1 saturated heterocycles. The average molecular weight is 480 g/mol. The van der Waals surface area contributed by atoms with Crippen LogP contribution in [0.2, 0.25) is 0 Å². The number of nitrogens with zero attached hydrogens (tertiary/aromatic N) is 1. The molecule has 2 aromatic rings. The molecule has 1 heterocycles. The predicted octanol–water partition coefficient (Wildman–Crippen LogP) is 6.00. The molecule has 0 spiro atoms. The smallest absolute Gasteiger partial charge is 0.254 e. The second-order valence-corrected chi connectivity index (χ2v) is 8.61. The van der Waals surface area contributed by atoms with E-state index in [9.17, 15) is 4.79 Å². The first-order valence-electron chi connectivity index (χ1n) is 10.5. The number of rotatable bonds is 8. The highest BCUT2D eigenvalue weighted by Crippen LogP contribution is 2.21. The molecule has 0 saturated carbocycles. The normalized spacial score (nSPS) is 14.3. The number of amides is 1. The van der Waals surface area contributed by atoms with Gasteiger partial charge < -0.3 is 10.2 Å². The van der Waals surface area contributed by atoms with Crippen LogP contribution in [0.3, 0.4) is 0 Å². The zero-order valence-electron chi connectivity index (χ0n) is 17.2. The van der Waals surface area contributed by atoms with E-state index < -0.39 is 0 Å². The fourth-order valence-corrected chi connectivity index (χ4v) is 4.32. The summed E-state index contributed by atoms with van der Waals surface area (Å²) in [6.07, 6.45) is 6.82. The minimum absolute atomic E-state index is 0. The predicted molar refractivity (Wildman–Crippen MR) is 127 cm³/mol. The summed E-state index contributed by atoms with van der Waals surface area (Å²) in [5.41, 5.74) is 3.29. The van der Waals surface area contributed by atoms with E-state index in [-0.39, 0.29) is 24.4 Å². The van der Waals surface area contributed by atoms with Crippen LogP contribution in [0.5, 0.6) is 0 Å². The largest absolute Gasteiger partial charge is 0.331 e. The molecule has 2 aromatic carbocycles. The highest BCUT2D eigenvalue weighted by Gasteiger charge is 2.26. The number of nitrogens with one attached hydrogen (secondary N) is 1. The van der Waals surface area contributed by atoms with Gasteiger partial charge in [-0.05, 0) is 74.2 Å². The molecular weight excluding hydrogens is 448 g/mol. The Kier molecular flexibility index (Phi) is 10.2. The molecular formula is C24H32BrClN2O. The Balaban J connectivity index is 0.00000300. The van der Waals surface area contributed by atoms with Crippen molar-refractivity contribution in [3.8, 4) is 0 Å². The molecule has 0 aliphatic carbocycles. The van der Waals surface area contributed by atoms with E-state index >= 15 is 0 Å². The third-order valence-electron chi connectivity index (χ3n) is 5.52. The molecule has 3 rings (SSSR count). The number of benzene rings is 2. The lowest BCUT2D eigenvalue weighted by atomic mass is 10.0. The second kappa shape index (κ2) is 12.4. The van der Waals surface area contributed by atoms with Crippen LogP contribution in [0.1, 0.15) is 60.5 Å². The lowest BCUT2D eigenvalue weighted by molar-refractivity contribution is 0.0623. The standard InChI is InChI=1S/C24H31BrN2O.ClH/c1-2-3-4-6-19-9-11-21(12-10-19)24(28)27(23-13-15-26-16-14-23)18-20-7-5-8-22(25)17-20;/h5,7-12,17,23,26H,2-4,6,13-16,18H2,1H3;1H. The van der Waals surface area contributed by atoms with Crippen molar-refractivity contribution in [1.29, 1.82) is 0 Å². The molecule has 29 heavy (non-hydrogen) atoms. The molecule has 158 valence electrons. The van der Waals surface area contributed by atoms with E-state index in [0.29, 0.717) is 6.54 Å². The molecule has 5 heteroatoms. The Labute approximate surface area is 189 Å². The first-order valence-corrected chi connectivity index (χ1v) is 11.3. The van der Waals surface area contributed by atoms with Crippen molar-refractivity contribution < 1.29 is 4.79 Å². The first kappa shape index (κ1) is 23.9. The van der Waals surface area contributed by atoms with E-state index in [1.165, 1.54) is 24.8 Å². The topological polar surface area (TPSA) is 32.3 Å². The van der Waals surface area contributed by atoms with Crippen molar-refractivity contribution in [3.63, 3.8) is 0 Å². The molecule has 1 N–H and O–H groups in total. The van der Waals surface area contributed by atoms with Crippen LogP contribution in [0.15, 0.2) is 53.0 Å². The molecule has 1 aliphatic heterocycles. The Bertz CT molecular complexity index is 760. The van der Waals surface area contributed by atoms with Crippen LogP contribution >= 0.6 is 28.3 Å². The lowest BCUT2D eigenvalue weighted by Crippen LogP contribution is -2.45. The van der Waals surface area contributed by atoms with Crippen LogP contribution < -0.4 is 5.32 Å². The number of hydrogen-bond donors (Lipinski definition) is 1. The van der Waals surface area contributed by atoms with Gasteiger partial charge in [-0.3, -0.25) is 4.79 Å². The molecule has 0 aromatic heterocycles. The van der Waals surface area contributed by atoms with Crippen molar-refractivity contribution in [1.82, 2.24) is 10.2 Å². The SMILES string of the molecule is CCCCCc1ccc(C(=O)N(Cc2cccc(Br)c2)C2CCNCC2)cc1.Cl. The maximum absolute atomic E-state index is 13.4. The monoisotopic (exact) mass is 478 g/mol. The Morgan fingerprint density at radius 2 is 1.79 bits per heavy atom. The summed E-state index contributed by atoms with van der Waals surface area (Å²) in [5, 5.41) is 3.41. The van der Waals surface area contributed by atoms with Crippen molar-refractivity contribution >= 4 is 34.2 Å². The number of carbonyl (C=O) groups excluding carboxylic acids is 1. The molecule has 0 bridgehead atoms. The Hall–Kier alpha value is -1.36. The minimum atomic E-state index is 0. The maximum atomic E-state index is 13.4. The Morgan fingerprint density at radius 3 is 2.45 bits per heavy atom. The van der Waals surface area contributed by atoms with Gasteiger partial charge in [0.25, 0.3) is 5.91 Å². The number of unbranched alkanes of at least 4 members (excludes halogenated alkanes) is 2. The van der Waals surface area contributed by atoms with Crippen molar-refractivity contribution in [2.24, 2.45) is 0 Å². The van der Waals surface area contributed by atoms with E-state index in [2.05, 4.69) is 57.3 Å². The summed E-state index contributed by atoms with van der Waals surface area (Å²) >= 11 is 3.55. The van der Waals surface area contributed by atoms with E-state index in [1.54, 1.807) is 0 Å². The molecule has 1 fully saturated rings. The van der Waals surface area contributed by atoms with Gasteiger partial charge in [-0.15, -0.1) is 12.4 Å². The molecule has 0 atom stereocenters. The summed E-state index contributed by atoms with van der Waals surface area (Å²) in [6, 6.07) is 16.8. The maximum Gasteiger partial charge on any atom is 0.254 e. The molecule has 3 nitrogen and oxygen atoms in total. The molecule has 0 unspecified atom stereocenters. The van der Waals surface area contributed by atoms with Crippen molar-refractivity contribution in [2.75, 3.05) is 13.1 Å². The lowest BCUT2D eigenvalue weighted by Gasteiger charge is -2.35. The van der Waals surface area contributed by atoms with Gasteiger partial charge in [0.05, 0.1) is 0 Å². The van der Waals surface area contributed by atoms with Crippen molar-refractivity contribution in [2.45, 2.75) is 58.0 Å². The van der Waals surface area contributed by atoms with Gasteiger partial charge in [0.2, 0.25) is 0 Å². The quantitative estimate of drug-likeness (QED) is 0.471. The fourth-order valence-electron chi connectivity index (χ4n) is 3.88. The highest BCUT2D eigenvalue weighted by molar-refractivity contribution is 9.10. The molecule has 1 aliphatic rings. The molecule has 1 amide bonds. The van der Waals surface area contributed by atoms with Gasteiger partial charge >= 0.3 is 0 Å². The van der Waals surface area contributed by atoms with Crippen LogP contribution in [-0.2, 0) is 13.0 Å². The number of aryl methyl sites for hydroxylation is 1. The van der Waals surface area contributed by atoms with Gasteiger partial charge in [0.15, 0.2) is 0 Å². The van der Waals surface area contributed by atoms with Gasteiger partial charge in [0, 0.05) is 22.6 Å². The van der Waals surface area contributed by atoms with Gasteiger partial charge in [-0.2, -0.15) is 0 Å². The second-order valence-electron chi connectivity index (χ2n) is 7.70. The fraction of sp³-hybridized carbons (Fsp3) is 0.458. The van der Waals surface area contributed by atoms with Crippen LogP contribution in [0, 0.1) is 0 Å². The van der Waals surface area contributed by atoms with E-state index in [4.69, 9.17) is 0 Å². The first-order chi connectivity index (χ1) is 13.7. The molecule has 0 radical (unpaired) electrons. The summed E-state index contributed by atoms with van der Waals surface area (Å²) in [4.78, 5) is 15.5. The zero-order chi connectivity index (χ0) is 19.8. The van der Waals surface area contributed by atoms with E-state index in [0.717, 1.165) is 48.0 Å². The number of halogens is 2. The third-order valence-corrected chi connectivity index (χ3v) is 6.02. The summed E-state index contributed by atoms with van der Waals surface area (Å²) in [6.45, 7) is 4.83.